The normalized spacial score (nSPS) is 31.7. The molecule has 16 heavy (non-hydrogen) atoms. The van der Waals surface area contributed by atoms with E-state index in [0.717, 1.165) is 19.0 Å². The third kappa shape index (κ3) is 3.46. The number of hydrogen-bond acceptors (Lipinski definition) is 2. The van der Waals surface area contributed by atoms with Crippen LogP contribution < -0.4 is 5.32 Å². The molecule has 0 aromatic heterocycles. The molecule has 96 valence electrons. The molecule has 1 saturated carbocycles. The minimum absolute atomic E-state index is 0.109. The van der Waals surface area contributed by atoms with Crippen LogP contribution in [0.3, 0.4) is 0 Å². The quantitative estimate of drug-likeness (QED) is 0.796. The molecule has 0 radical (unpaired) electrons. The van der Waals surface area contributed by atoms with Crippen LogP contribution in [0.15, 0.2) is 0 Å². The molecule has 0 atom stereocenters. The van der Waals surface area contributed by atoms with Crippen LogP contribution in [0.25, 0.3) is 0 Å². The zero-order valence-electron chi connectivity index (χ0n) is 11.7. The Morgan fingerprint density at radius 2 is 1.81 bits per heavy atom. The van der Waals surface area contributed by atoms with Crippen molar-refractivity contribution in [2.24, 2.45) is 11.3 Å². The highest BCUT2D eigenvalue weighted by molar-refractivity contribution is 4.91. The summed E-state index contributed by atoms with van der Waals surface area (Å²) >= 11 is 0. The molecule has 2 heteroatoms. The van der Waals surface area contributed by atoms with Crippen molar-refractivity contribution in [1.29, 1.82) is 0 Å². The summed E-state index contributed by atoms with van der Waals surface area (Å²) in [6.07, 6.45) is 5.03. The Labute approximate surface area is 101 Å². The van der Waals surface area contributed by atoms with Gasteiger partial charge in [0.25, 0.3) is 0 Å². The van der Waals surface area contributed by atoms with Crippen molar-refractivity contribution in [3.05, 3.63) is 0 Å². The van der Waals surface area contributed by atoms with Gasteiger partial charge in [-0.15, -0.1) is 0 Å². The van der Waals surface area contributed by atoms with Crippen molar-refractivity contribution in [3.8, 4) is 0 Å². The standard InChI is InChI=1S/C14H29NO/c1-6-15-11-14(16-5)9-7-12(8-10-14)13(2,3)4/h12,15H,6-11H2,1-5H3. The second-order valence-electron chi connectivity index (χ2n) is 6.31. The fourth-order valence-corrected chi connectivity index (χ4v) is 2.82. The van der Waals surface area contributed by atoms with Gasteiger partial charge in [-0.1, -0.05) is 27.7 Å². The van der Waals surface area contributed by atoms with Crippen LogP contribution in [-0.2, 0) is 4.74 Å². The highest BCUT2D eigenvalue weighted by Crippen LogP contribution is 2.42. The van der Waals surface area contributed by atoms with Gasteiger partial charge in [0.15, 0.2) is 0 Å². The molecule has 0 aromatic rings. The molecule has 0 bridgehead atoms. The molecule has 1 aliphatic rings. The minimum Gasteiger partial charge on any atom is -0.377 e. The number of ether oxygens (including phenoxy) is 1. The zero-order chi connectivity index (χ0) is 12.2. The highest BCUT2D eigenvalue weighted by atomic mass is 16.5. The van der Waals surface area contributed by atoms with Crippen LogP contribution in [0.4, 0.5) is 0 Å². The van der Waals surface area contributed by atoms with E-state index in [-0.39, 0.29) is 5.60 Å². The summed E-state index contributed by atoms with van der Waals surface area (Å²) in [6, 6.07) is 0. The summed E-state index contributed by atoms with van der Waals surface area (Å²) < 4.78 is 5.78. The first-order valence-corrected chi connectivity index (χ1v) is 6.69. The first-order valence-electron chi connectivity index (χ1n) is 6.69. The maximum absolute atomic E-state index is 5.78. The van der Waals surface area contributed by atoms with E-state index in [1.165, 1.54) is 25.7 Å². The van der Waals surface area contributed by atoms with E-state index in [9.17, 15) is 0 Å². The number of likely N-dealkylation sites (N-methyl/N-ethyl adjacent to an activating group) is 1. The molecule has 2 nitrogen and oxygen atoms in total. The predicted octanol–water partition coefficient (Wildman–Crippen LogP) is 3.22. The van der Waals surface area contributed by atoms with E-state index in [1.54, 1.807) is 0 Å². The first-order chi connectivity index (χ1) is 7.43. The fraction of sp³-hybridized carbons (Fsp3) is 1.00. The second kappa shape index (κ2) is 5.50. The molecule has 0 heterocycles. The average molecular weight is 227 g/mol. The van der Waals surface area contributed by atoms with Crippen molar-refractivity contribution >= 4 is 0 Å². The molecule has 0 amide bonds. The van der Waals surface area contributed by atoms with Crippen molar-refractivity contribution in [2.45, 2.75) is 59.0 Å². The molecule has 0 spiro atoms. The maximum Gasteiger partial charge on any atom is 0.0802 e. The molecule has 1 rings (SSSR count). The summed E-state index contributed by atoms with van der Waals surface area (Å²) in [4.78, 5) is 0. The number of rotatable bonds is 4. The molecule has 0 aromatic carbocycles. The number of hydrogen-bond donors (Lipinski definition) is 1. The van der Waals surface area contributed by atoms with Gasteiger partial charge in [-0.25, -0.2) is 0 Å². The van der Waals surface area contributed by atoms with Gasteiger partial charge >= 0.3 is 0 Å². The lowest BCUT2D eigenvalue weighted by Gasteiger charge is -2.43. The van der Waals surface area contributed by atoms with E-state index in [0.29, 0.717) is 5.41 Å². The van der Waals surface area contributed by atoms with Crippen LogP contribution in [0, 0.1) is 11.3 Å². The summed E-state index contributed by atoms with van der Waals surface area (Å²) in [5.74, 6) is 0.859. The van der Waals surface area contributed by atoms with Gasteiger partial charge in [0.1, 0.15) is 0 Å². The molecular weight excluding hydrogens is 198 g/mol. The van der Waals surface area contributed by atoms with Crippen molar-refractivity contribution in [3.63, 3.8) is 0 Å². The smallest absolute Gasteiger partial charge is 0.0802 e. The summed E-state index contributed by atoms with van der Waals surface area (Å²) in [6.45, 7) is 11.3. The fourth-order valence-electron chi connectivity index (χ4n) is 2.82. The Morgan fingerprint density at radius 3 is 2.19 bits per heavy atom. The molecule has 0 saturated heterocycles. The molecule has 1 aliphatic carbocycles. The molecule has 0 unspecified atom stereocenters. The molecule has 0 aliphatic heterocycles. The van der Waals surface area contributed by atoms with Crippen LogP contribution in [0.2, 0.25) is 0 Å². The van der Waals surface area contributed by atoms with Gasteiger partial charge in [0.05, 0.1) is 5.60 Å². The number of nitrogens with one attached hydrogen (secondary N) is 1. The van der Waals surface area contributed by atoms with Gasteiger partial charge in [0, 0.05) is 13.7 Å². The second-order valence-corrected chi connectivity index (χ2v) is 6.31. The van der Waals surface area contributed by atoms with Gasteiger partial charge in [-0.3, -0.25) is 0 Å². The molecule has 1 fully saturated rings. The highest BCUT2D eigenvalue weighted by Gasteiger charge is 2.38. The van der Waals surface area contributed by atoms with Crippen molar-refractivity contribution in [1.82, 2.24) is 5.32 Å². The van der Waals surface area contributed by atoms with Gasteiger partial charge in [-0.2, -0.15) is 0 Å². The first kappa shape index (κ1) is 14.0. The summed E-state index contributed by atoms with van der Waals surface area (Å²) in [5, 5.41) is 3.44. The van der Waals surface area contributed by atoms with Crippen LogP contribution >= 0.6 is 0 Å². The molecule has 1 N–H and O–H groups in total. The lowest BCUT2D eigenvalue weighted by Crippen LogP contribution is -2.46. The Bertz CT molecular complexity index is 199. The van der Waals surface area contributed by atoms with Gasteiger partial charge in [0.2, 0.25) is 0 Å². The van der Waals surface area contributed by atoms with E-state index in [2.05, 4.69) is 33.0 Å². The Morgan fingerprint density at radius 1 is 1.25 bits per heavy atom. The summed E-state index contributed by atoms with van der Waals surface area (Å²) in [7, 11) is 1.87. The Balaban J connectivity index is 2.50. The van der Waals surface area contributed by atoms with Gasteiger partial charge < -0.3 is 10.1 Å². The monoisotopic (exact) mass is 227 g/mol. The predicted molar refractivity (Wildman–Crippen MR) is 69.7 cm³/mol. The lowest BCUT2D eigenvalue weighted by atomic mass is 9.68. The van der Waals surface area contributed by atoms with E-state index >= 15 is 0 Å². The average Bonchev–Trinajstić information content (AvgIpc) is 2.26. The van der Waals surface area contributed by atoms with Crippen LogP contribution in [-0.4, -0.2) is 25.8 Å². The van der Waals surface area contributed by atoms with Crippen molar-refractivity contribution < 1.29 is 4.74 Å². The molecular formula is C14H29NO. The SMILES string of the molecule is CCNCC1(OC)CCC(C(C)(C)C)CC1. The largest absolute Gasteiger partial charge is 0.377 e. The maximum atomic E-state index is 5.78. The van der Waals surface area contributed by atoms with Crippen LogP contribution in [0.1, 0.15) is 53.4 Å². The Hall–Kier alpha value is -0.0800. The van der Waals surface area contributed by atoms with E-state index in [1.807, 2.05) is 7.11 Å². The van der Waals surface area contributed by atoms with E-state index < -0.39 is 0 Å². The van der Waals surface area contributed by atoms with Gasteiger partial charge in [-0.05, 0) is 43.6 Å². The van der Waals surface area contributed by atoms with Crippen molar-refractivity contribution in [2.75, 3.05) is 20.2 Å². The number of methoxy groups -OCH3 is 1. The third-order valence-electron chi connectivity index (χ3n) is 4.25. The van der Waals surface area contributed by atoms with E-state index in [4.69, 9.17) is 4.74 Å². The van der Waals surface area contributed by atoms with Crippen LogP contribution in [0.5, 0.6) is 0 Å². The topological polar surface area (TPSA) is 21.3 Å². The minimum atomic E-state index is 0.109. The summed E-state index contributed by atoms with van der Waals surface area (Å²) in [5.41, 5.74) is 0.565. The Kier molecular flexibility index (Phi) is 4.81. The third-order valence-corrected chi connectivity index (χ3v) is 4.25. The zero-order valence-corrected chi connectivity index (χ0v) is 11.7. The lowest BCUT2D eigenvalue weighted by molar-refractivity contribution is -0.0577.